The summed E-state index contributed by atoms with van der Waals surface area (Å²) in [4.78, 5) is 2.91. The van der Waals surface area contributed by atoms with Crippen LogP contribution in [0.2, 0.25) is 0 Å². The number of aryl methyl sites for hydroxylation is 5. The number of rotatable bonds is 2. The third-order valence-electron chi connectivity index (χ3n) is 4.54. The van der Waals surface area contributed by atoms with Crippen LogP contribution in [0.15, 0.2) is 18.2 Å². The lowest BCUT2D eigenvalue weighted by Crippen LogP contribution is -2.12. The Hall–Kier alpha value is -1.12. The van der Waals surface area contributed by atoms with Crippen LogP contribution in [-0.2, 0) is 12.8 Å². The Morgan fingerprint density at radius 1 is 0.950 bits per heavy atom. The Balaban J connectivity index is 1.98. The number of nitrogens with two attached hydrogens (primary N) is 1. The van der Waals surface area contributed by atoms with Gasteiger partial charge in [-0.2, -0.15) is 0 Å². The summed E-state index contributed by atoms with van der Waals surface area (Å²) in [6.45, 7) is 6.51. The quantitative estimate of drug-likeness (QED) is 0.857. The predicted octanol–water partition coefficient (Wildman–Crippen LogP) is 4.60. The molecule has 106 valence electrons. The van der Waals surface area contributed by atoms with Gasteiger partial charge in [0.2, 0.25) is 0 Å². The van der Waals surface area contributed by atoms with Crippen molar-refractivity contribution in [1.82, 2.24) is 0 Å². The van der Waals surface area contributed by atoms with Gasteiger partial charge < -0.3 is 5.73 Å². The van der Waals surface area contributed by atoms with Gasteiger partial charge in [0.15, 0.2) is 0 Å². The Labute approximate surface area is 125 Å². The van der Waals surface area contributed by atoms with Crippen molar-refractivity contribution >= 4 is 11.3 Å². The molecule has 1 aliphatic rings. The molecule has 1 heterocycles. The van der Waals surface area contributed by atoms with E-state index < -0.39 is 0 Å². The number of hydrogen-bond donors (Lipinski definition) is 1. The van der Waals surface area contributed by atoms with Crippen LogP contribution in [0, 0.1) is 20.8 Å². The number of hydrogen-bond acceptors (Lipinski definition) is 2. The number of thiophene rings is 1. The van der Waals surface area contributed by atoms with E-state index in [9.17, 15) is 0 Å². The van der Waals surface area contributed by atoms with Gasteiger partial charge in [-0.15, -0.1) is 11.3 Å². The smallest absolute Gasteiger partial charge is 0.0648 e. The third-order valence-corrected chi connectivity index (χ3v) is 5.86. The van der Waals surface area contributed by atoms with Crippen LogP contribution in [0.5, 0.6) is 0 Å². The summed E-state index contributed by atoms with van der Waals surface area (Å²) in [5.74, 6) is 0. The van der Waals surface area contributed by atoms with E-state index in [1.807, 2.05) is 11.3 Å². The van der Waals surface area contributed by atoms with E-state index in [1.165, 1.54) is 52.8 Å². The zero-order valence-electron chi connectivity index (χ0n) is 12.6. The summed E-state index contributed by atoms with van der Waals surface area (Å²) in [6, 6.07) is 6.93. The molecule has 1 aromatic carbocycles. The predicted molar refractivity (Wildman–Crippen MR) is 87.6 cm³/mol. The molecule has 0 aliphatic heterocycles. The van der Waals surface area contributed by atoms with E-state index >= 15 is 0 Å². The van der Waals surface area contributed by atoms with E-state index in [2.05, 4.69) is 39.0 Å². The molecule has 0 amide bonds. The van der Waals surface area contributed by atoms with Gasteiger partial charge in [0.25, 0.3) is 0 Å². The fraction of sp³-hybridized carbons (Fsp3) is 0.444. The van der Waals surface area contributed by atoms with Gasteiger partial charge in [0, 0.05) is 9.75 Å². The Morgan fingerprint density at radius 2 is 1.65 bits per heavy atom. The topological polar surface area (TPSA) is 26.0 Å². The molecule has 0 saturated carbocycles. The number of fused-ring (bicyclic) bond motifs is 1. The molecule has 0 saturated heterocycles. The summed E-state index contributed by atoms with van der Waals surface area (Å²) in [6.07, 6.45) is 5.16. The summed E-state index contributed by atoms with van der Waals surface area (Å²) in [5.41, 5.74) is 13.4. The highest BCUT2D eigenvalue weighted by atomic mass is 32.1. The summed E-state index contributed by atoms with van der Waals surface area (Å²) >= 11 is 1.93. The molecule has 0 bridgehead atoms. The molecule has 2 heteroatoms. The Morgan fingerprint density at radius 3 is 2.40 bits per heavy atom. The maximum Gasteiger partial charge on any atom is 0.0648 e. The van der Waals surface area contributed by atoms with E-state index in [-0.39, 0.29) is 6.04 Å². The molecule has 2 N–H and O–H groups in total. The SMILES string of the molecule is Cc1cc(C)c(C(N)c2cc3c(s2)CCCC3)cc1C. The summed E-state index contributed by atoms with van der Waals surface area (Å²) in [7, 11) is 0. The van der Waals surface area contributed by atoms with Crippen molar-refractivity contribution < 1.29 is 0 Å². The van der Waals surface area contributed by atoms with E-state index in [0.717, 1.165) is 0 Å². The van der Waals surface area contributed by atoms with Gasteiger partial charge >= 0.3 is 0 Å². The van der Waals surface area contributed by atoms with Crippen molar-refractivity contribution in [3.8, 4) is 0 Å². The minimum atomic E-state index is 0.0323. The first kappa shape index (κ1) is 13.8. The molecule has 0 fully saturated rings. The fourth-order valence-corrected chi connectivity index (χ4v) is 4.42. The minimum Gasteiger partial charge on any atom is -0.320 e. The van der Waals surface area contributed by atoms with Crippen molar-refractivity contribution in [3.05, 3.63) is 55.8 Å². The largest absolute Gasteiger partial charge is 0.320 e. The zero-order valence-corrected chi connectivity index (χ0v) is 13.4. The van der Waals surface area contributed by atoms with Crippen LogP contribution in [0.1, 0.15) is 56.5 Å². The highest BCUT2D eigenvalue weighted by molar-refractivity contribution is 7.12. The Kier molecular flexibility index (Phi) is 3.70. The van der Waals surface area contributed by atoms with E-state index in [0.29, 0.717) is 0 Å². The van der Waals surface area contributed by atoms with E-state index in [1.54, 1.807) is 10.4 Å². The van der Waals surface area contributed by atoms with Gasteiger partial charge in [-0.05, 0) is 80.3 Å². The van der Waals surface area contributed by atoms with Gasteiger partial charge in [-0.1, -0.05) is 12.1 Å². The first-order valence-corrected chi connectivity index (χ1v) is 8.32. The van der Waals surface area contributed by atoms with Crippen LogP contribution in [-0.4, -0.2) is 0 Å². The Bertz CT molecular complexity index is 616. The second-order valence-corrected chi connectivity index (χ2v) is 7.24. The molecule has 3 rings (SSSR count). The van der Waals surface area contributed by atoms with Crippen LogP contribution in [0.4, 0.5) is 0 Å². The van der Waals surface area contributed by atoms with E-state index in [4.69, 9.17) is 5.73 Å². The lowest BCUT2D eigenvalue weighted by Gasteiger charge is -2.15. The first-order valence-electron chi connectivity index (χ1n) is 7.51. The molecular weight excluding hydrogens is 262 g/mol. The maximum absolute atomic E-state index is 6.56. The average molecular weight is 285 g/mol. The van der Waals surface area contributed by atoms with Crippen LogP contribution in [0.25, 0.3) is 0 Å². The van der Waals surface area contributed by atoms with Crippen LogP contribution < -0.4 is 5.73 Å². The van der Waals surface area contributed by atoms with Gasteiger partial charge in [0.1, 0.15) is 0 Å². The van der Waals surface area contributed by atoms with Crippen LogP contribution >= 0.6 is 11.3 Å². The average Bonchev–Trinajstić information content (AvgIpc) is 2.86. The maximum atomic E-state index is 6.56. The van der Waals surface area contributed by atoms with Crippen molar-refractivity contribution in [3.63, 3.8) is 0 Å². The standard InChI is InChI=1S/C18H23NS/c1-11-8-13(3)15(9-12(11)2)18(19)17-10-14-6-4-5-7-16(14)20-17/h8-10,18H,4-7,19H2,1-3H3. The van der Waals surface area contributed by atoms with Crippen molar-refractivity contribution in [2.24, 2.45) is 5.73 Å². The molecule has 1 atom stereocenters. The van der Waals surface area contributed by atoms with Gasteiger partial charge in [0.05, 0.1) is 6.04 Å². The monoisotopic (exact) mass is 285 g/mol. The molecule has 1 aliphatic carbocycles. The normalized spacial score (nSPS) is 16.0. The first-order chi connectivity index (χ1) is 9.56. The zero-order chi connectivity index (χ0) is 14.3. The molecule has 1 nitrogen and oxygen atoms in total. The number of benzene rings is 1. The van der Waals surface area contributed by atoms with Gasteiger partial charge in [-0.3, -0.25) is 0 Å². The van der Waals surface area contributed by atoms with Crippen molar-refractivity contribution in [2.75, 3.05) is 0 Å². The molecule has 1 aromatic heterocycles. The van der Waals surface area contributed by atoms with Crippen molar-refractivity contribution in [2.45, 2.75) is 52.5 Å². The highest BCUT2D eigenvalue weighted by Crippen LogP contribution is 2.35. The molecular formula is C18H23NS. The third kappa shape index (κ3) is 2.43. The van der Waals surface area contributed by atoms with Crippen molar-refractivity contribution in [1.29, 1.82) is 0 Å². The molecule has 2 aromatic rings. The summed E-state index contributed by atoms with van der Waals surface area (Å²) in [5, 5.41) is 0. The minimum absolute atomic E-state index is 0.0323. The molecule has 0 spiro atoms. The fourth-order valence-electron chi connectivity index (χ4n) is 3.14. The summed E-state index contributed by atoms with van der Waals surface area (Å²) < 4.78 is 0. The van der Waals surface area contributed by atoms with Gasteiger partial charge in [-0.25, -0.2) is 0 Å². The van der Waals surface area contributed by atoms with Crippen LogP contribution in [0.3, 0.4) is 0 Å². The highest BCUT2D eigenvalue weighted by Gasteiger charge is 2.19. The second kappa shape index (κ2) is 5.34. The lowest BCUT2D eigenvalue weighted by molar-refractivity contribution is 0.696. The molecule has 0 radical (unpaired) electrons. The second-order valence-electron chi connectivity index (χ2n) is 6.08. The lowest BCUT2D eigenvalue weighted by atomic mass is 9.94. The molecule has 20 heavy (non-hydrogen) atoms. The molecule has 1 unspecified atom stereocenters.